The van der Waals surface area contributed by atoms with Gasteiger partial charge in [-0.15, -0.1) is 0 Å². The fourth-order valence-electron chi connectivity index (χ4n) is 11.2. The van der Waals surface area contributed by atoms with Gasteiger partial charge >= 0.3 is 22.9 Å². The molecule has 14 aromatic rings. The summed E-state index contributed by atoms with van der Waals surface area (Å²) in [5, 5.41) is 7.64. The van der Waals surface area contributed by atoms with Crippen molar-refractivity contribution >= 4 is 107 Å². The van der Waals surface area contributed by atoms with Crippen LogP contribution in [0.3, 0.4) is 0 Å². The summed E-state index contributed by atoms with van der Waals surface area (Å²) >= 11 is 0.0625. The Hall–Kier alpha value is -10.9. The van der Waals surface area contributed by atoms with Gasteiger partial charge in [0.25, 0.3) is 0 Å². The molecule has 10 heterocycles. The predicted octanol–water partition coefficient (Wildman–Crippen LogP) is 12.3. The second-order valence-electron chi connectivity index (χ2n) is 19.6. The molecule has 6 aromatic heterocycles. The molecule has 8 aromatic carbocycles. The normalized spacial score (nSPS) is 11.8. The SMILES string of the molecule is [OH][GaH2].c1ccc2c(c1)-c1nc-2nc2[nH]c(nc3nc(nc4[nH]c(n1)c1ccccc41)-c1ccccc1-3)c1ccccc21.c1ccc2c(c1)-c1nc-2nc2[nH]c(nc3nc(nc4[nH]c(n1)c1ccccc41)-c1ccccc1-3)c1ccccc21. The van der Waals surface area contributed by atoms with E-state index < -0.39 is 0 Å². The summed E-state index contributed by atoms with van der Waals surface area (Å²) in [5.74, 6) is 4.78. The van der Waals surface area contributed by atoms with Gasteiger partial charge in [-0.05, 0) is 0 Å². The van der Waals surface area contributed by atoms with E-state index in [0.717, 1.165) is 87.6 Å². The smallest absolute Gasteiger partial charge is 0.164 e. The second-order valence-corrected chi connectivity index (χ2v) is 19.6. The first-order chi connectivity index (χ1) is 40.6. The van der Waals surface area contributed by atoms with E-state index in [1.54, 1.807) is 0 Å². The Bertz CT molecular complexity index is 4400. The van der Waals surface area contributed by atoms with Crippen molar-refractivity contribution in [3.8, 4) is 91.1 Å². The van der Waals surface area contributed by atoms with Gasteiger partial charge in [-0.1, -0.05) is 194 Å². The molecule has 0 amide bonds. The zero-order valence-electron chi connectivity index (χ0n) is 43.3. The van der Waals surface area contributed by atoms with Crippen LogP contribution in [0.2, 0.25) is 0 Å². The van der Waals surface area contributed by atoms with Crippen LogP contribution in [0, 0.1) is 0 Å². The van der Waals surface area contributed by atoms with E-state index >= 15 is 0 Å². The van der Waals surface area contributed by atoms with Crippen LogP contribution in [0.5, 0.6) is 0 Å². The summed E-state index contributed by atoms with van der Waals surface area (Å²) in [6.07, 6.45) is 0. The average Bonchev–Trinajstić information content (AvgIpc) is 4.51. The summed E-state index contributed by atoms with van der Waals surface area (Å²) in [6.45, 7) is 0. The van der Waals surface area contributed by atoms with Gasteiger partial charge in [0, 0.05) is 87.6 Å². The number of hydrogen-bond acceptors (Lipinski definition) is 13. The van der Waals surface area contributed by atoms with E-state index in [1.165, 1.54) is 0 Å². The first-order valence-corrected chi connectivity index (χ1v) is 28.3. The topological polar surface area (TPSA) is 238 Å². The molecule has 18 heteroatoms. The predicted molar refractivity (Wildman–Crippen MR) is 323 cm³/mol. The largest absolute Gasteiger partial charge is 0.324 e. The molecule has 0 aliphatic carbocycles. The van der Waals surface area contributed by atoms with Crippen LogP contribution in [0.1, 0.15) is 0 Å². The number of aromatic nitrogens is 16. The minimum Gasteiger partial charge on any atom is -0.324 e. The van der Waals surface area contributed by atoms with Crippen molar-refractivity contribution in [1.29, 1.82) is 0 Å². The molecule has 5 N–H and O–H groups in total. The summed E-state index contributed by atoms with van der Waals surface area (Å²) in [6, 6.07) is 64.5. The van der Waals surface area contributed by atoms with Crippen LogP contribution in [0.25, 0.3) is 179 Å². The van der Waals surface area contributed by atoms with E-state index in [1.807, 2.05) is 194 Å². The van der Waals surface area contributed by atoms with Crippen molar-refractivity contribution < 1.29 is 3.90 Å². The first kappa shape index (κ1) is 47.1. The molecule has 0 unspecified atom stereocenters. The van der Waals surface area contributed by atoms with E-state index in [0.29, 0.717) is 91.8 Å². The molecule has 18 rings (SSSR count). The quantitative estimate of drug-likeness (QED) is 0.0889. The van der Waals surface area contributed by atoms with Crippen molar-refractivity contribution in [3.63, 3.8) is 0 Å². The molecule has 82 heavy (non-hydrogen) atoms. The Balaban J connectivity index is 0.000000131. The van der Waals surface area contributed by atoms with Crippen molar-refractivity contribution in [3.05, 3.63) is 194 Å². The van der Waals surface area contributed by atoms with Gasteiger partial charge in [0.1, 0.15) is 45.2 Å². The molecule has 0 atom stereocenters. The summed E-state index contributed by atoms with van der Waals surface area (Å²) < 4.78 is 7.19. The maximum Gasteiger partial charge on any atom is 0.164 e. The van der Waals surface area contributed by atoms with Crippen LogP contribution in [0.4, 0.5) is 0 Å². The van der Waals surface area contributed by atoms with Gasteiger partial charge in [-0.2, -0.15) is 0 Å². The number of fused-ring (bicyclic) bond motifs is 40. The first-order valence-electron chi connectivity index (χ1n) is 26.4. The fraction of sp³-hybridized carbons (Fsp3) is 0. The molecule has 4 aliphatic heterocycles. The molecular weight excluding hydrogens is 1080 g/mol. The van der Waals surface area contributed by atoms with Crippen LogP contribution >= 0.6 is 0 Å². The van der Waals surface area contributed by atoms with Crippen LogP contribution in [-0.2, 0) is 0 Å². The van der Waals surface area contributed by atoms with E-state index in [4.69, 9.17) is 63.7 Å². The summed E-state index contributed by atoms with van der Waals surface area (Å²) in [4.78, 5) is 73.5. The number of nitrogens with zero attached hydrogens (tertiary/aromatic N) is 12. The number of rotatable bonds is 0. The number of hydrogen-bond donors (Lipinski definition) is 5. The Kier molecular flexibility index (Phi) is 10.8. The fourth-order valence-corrected chi connectivity index (χ4v) is 11.2. The van der Waals surface area contributed by atoms with Gasteiger partial charge < -0.3 is 19.9 Å². The number of H-pyrrole nitrogens is 4. The molecule has 0 saturated carbocycles. The Morgan fingerprint density at radius 1 is 0.183 bits per heavy atom. The molecule has 17 nitrogen and oxygen atoms in total. The third-order valence-corrected chi connectivity index (χ3v) is 14.9. The summed E-state index contributed by atoms with van der Waals surface area (Å²) in [5.41, 5.74) is 12.9. The summed E-state index contributed by atoms with van der Waals surface area (Å²) in [7, 11) is 0. The molecule has 0 fully saturated rings. The third-order valence-electron chi connectivity index (χ3n) is 14.9. The van der Waals surface area contributed by atoms with Gasteiger partial charge in [0.15, 0.2) is 46.6 Å². The minimum atomic E-state index is 0.0625. The maximum absolute atomic E-state index is 7.19. The van der Waals surface area contributed by atoms with E-state index in [-0.39, 0.29) is 19.0 Å². The Labute approximate surface area is 473 Å². The Morgan fingerprint density at radius 2 is 0.305 bits per heavy atom. The molecule has 0 spiro atoms. The van der Waals surface area contributed by atoms with Crippen LogP contribution < -0.4 is 0 Å². The standard InChI is InChI=1S/2C32H18N8.Ga.H2O.2H/c2*1-2-10-18-17(9-1)25-33-26(18)38-28-21-13-5-6-14-22(21)30(35-28)40-32-24-16-8-7-15-23(24)31(36-32)39-29-20-12-4-3-11-19(20)27(34-29)37-25;;;;/h2*1-16H,(H2,33,34,35,36,37,38,39,40);;1H2;;/q;;+1;;;/p-1. The van der Waals surface area contributed by atoms with Crippen molar-refractivity contribution in [2.45, 2.75) is 0 Å². The zero-order valence-corrected chi connectivity index (χ0v) is 47.5. The molecule has 384 valence electrons. The van der Waals surface area contributed by atoms with Gasteiger partial charge in [-0.3, -0.25) is 0 Å². The minimum absolute atomic E-state index is 0.0625. The average molecular weight is 1120 g/mol. The van der Waals surface area contributed by atoms with E-state index in [2.05, 4.69) is 19.9 Å². The van der Waals surface area contributed by atoms with Gasteiger partial charge in [-0.25, -0.2) is 59.8 Å². The van der Waals surface area contributed by atoms with E-state index in [9.17, 15) is 0 Å². The zero-order chi connectivity index (χ0) is 54.4. The van der Waals surface area contributed by atoms with Crippen molar-refractivity contribution in [2.75, 3.05) is 0 Å². The third kappa shape index (κ3) is 7.61. The Morgan fingerprint density at radius 3 is 0.439 bits per heavy atom. The number of benzene rings is 8. The monoisotopic (exact) mass is 1120 g/mol. The molecule has 0 saturated heterocycles. The van der Waals surface area contributed by atoms with Crippen molar-refractivity contribution in [2.24, 2.45) is 0 Å². The molecule has 16 bridgehead atoms. The molecular formula is C64H39GaN16O. The molecule has 4 aliphatic rings. The van der Waals surface area contributed by atoms with Gasteiger partial charge in [0.2, 0.25) is 0 Å². The van der Waals surface area contributed by atoms with Crippen LogP contribution in [0.15, 0.2) is 194 Å². The molecule has 0 radical (unpaired) electrons. The van der Waals surface area contributed by atoms with Crippen LogP contribution in [-0.4, -0.2) is 103 Å². The maximum atomic E-state index is 7.19. The van der Waals surface area contributed by atoms with Crippen molar-refractivity contribution in [1.82, 2.24) is 79.7 Å². The number of aromatic amines is 4. The number of nitrogens with one attached hydrogen (secondary N) is 4. The second kappa shape index (κ2) is 18.9. The van der Waals surface area contributed by atoms with Gasteiger partial charge in [0.05, 0.1) is 0 Å².